The van der Waals surface area contributed by atoms with Gasteiger partial charge < -0.3 is 14.4 Å². The second-order valence-electron chi connectivity index (χ2n) is 7.68. The van der Waals surface area contributed by atoms with E-state index >= 15 is 0 Å². The molecule has 30 heavy (non-hydrogen) atoms. The molecule has 8 heteroatoms. The summed E-state index contributed by atoms with van der Waals surface area (Å²) in [5.74, 6) is 1.27. The summed E-state index contributed by atoms with van der Waals surface area (Å²) in [7, 11) is -0.325. The van der Waals surface area contributed by atoms with Crippen molar-refractivity contribution >= 4 is 15.9 Å². The molecule has 7 nitrogen and oxygen atoms in total. The molecule has 1 atom stereocenters. The van der Waals surface area contributed by atoms with Gasteiger partial charge in [0, 0.05) is 29.8 Å². The maximum Gasteiger partial charge on any atom is 0.254 e. The summed E-state index contributed by atoms with van der Waals surface area (Å²) in [6, 6.07) is 11.7. The molecule has 1 saturated heterocycles. The lowest BCUT2D eigenvalue weighted by atomic mass is 10.0. The molecule has 4 rings (SSSR count). The summed E-state index contributed by atoms with van der Waals surface area (Å²) in [6.45, 7) is 0.641. The number of ether oxygens (including phenoxy) is 2. The van der Waals surface area contributed by atoms with Crippen LogP contribution >= 0.6 is 0 Å². The van der Waals surface area contributed by atoms with Crippen LogP contribution in [0.2, 0.25) is 0 Å². The third kappa shape index (κ3) is 4.15. The summed E-state index contributed by atoms with van der Waals surface area (Å²) < 4.78 is 38.2. The van der Waals surface area contributed by atoms with Gasteiger partial charge in [-0.05, 0) is 62.1 Å². The molecule has 1 saturated carbocycles. The molecule has 0 unspecified atom stereocenters. The molecule has 2 aromatic rings. The van der Waals surface area contributed by atoms with E-state index in [0.29, 0.717) is 23.6 Å². The van der Waals surface area contributed by atoms with Gasteiger partial charge in [0.1, 0.15) is 11.5 Å². The van der Waals surface area contributed by atoms with Gasteiger partial charge >= 0.3 is 0 Å². The van der Waals surface area contributed by atoms with E-state index in [2.05, 4.69) is 4.72 Å². The van der Waals surface area contributed by atoms with Gasteiger partial charge in [-0.15, -0.1) is 0 Å². The molecule has 2 aromatic carbocycles. The lowest BCUT2D eigenvalue weighted by molar-refractivity contribution is 0.0734. The number of amides is 1. The number of nitrogens with one attached hydrogen (secondary N) is 1. The monoisotopic (exact) mass is 430 g/mol. The Morgan fingerprint density at radius 1 is 1.03 bits per heavy atom. The molecule has 1 aliphatic carbocycles. The zero-order chi connectivity index (χ0) is 21.3. The highest BCUT2D eigenvalue weighted by Gasteiger charge is 2.33. The highest BCUT2D eigenvalue weighted by Crippen LogP contribution is 2.39. The van der Waals surface area contributed by atoms with E-state index in [1.807, 2.05) is 23.1 Å². The van der Waals surface area contributed by atoms with Crippen LogP contribution in [-0.2, 0) is 10.0 Å². The van der Waals surface area contributed by atoms with Crippen LogP contribution in [0.25, 0.3) is 0 Å². The smallest absolute Gasteiger partial charge is 0.254 e. The number of sulfonamides is 1. The first-order chi connectivity index (χ1) is 14.4. The Balaban J connectivity index is 1.55. The minimum Gasteiger partial charge on any atom is -0.497 e. The molecule has 1 N–H and O–H groups in total. The van der Waals surface area contributed by atoms with Gasteiger partial charge in [0.25, 0.3) is 5.91 Å². The van der Waals surface area contributed by atoms with Crippen LogP contribution in [-0.4, -0.2) is 46.0 Å². The van der Waals surface area contributed by atoms with E-state index in [1.165, 1.54) is 12.1 Å². The molecule has 0 spiro atoms. The number of nitrogens with zero attached hydrogens (tertiary/aromatic N) is 1. The van der Waals surface area contributed by atoms with Gasteiger partial charge in [-0.2, -0.15) is 0 Å². The third-order valence-corrected chi connectivity index (χ3v) is 7.16. The molecule has 1 amide bonds. The molecular formula is C22H26N2O5S. The minimum absolute atomic E-state index is 0.0427. The molecule has 1 aliphatic heterocycles. The highest BCUT2D eigenvalue weighted by atomic mass is 32.2. The van der Waals surface area contributed by atoms with Crippen molar-refractivity contribution in [2.75, 3.05) is 20.8 Å². The number of carbonyl (C=O) groups excluding carboxylic acids is 1. The predicted molar refractivity (Wildman–Crippen MR) is 112 cm³/mol. The highest BCUT2D eigenvalue weighted by molar-refractivity contribution is 7.89. The largest absolute Gasteiger partial charge is 0.497 e. The van der Waals surface area contributed by atoms with E-state index in [9.17, 15) is 13.2 Å². The Kier molecular flexibility index (Phi) is 5.71. The maximum absolute atomic E-state index is 13.2. The van der Waals surface area contributed by atoms with E-state index < -0.39 is 10.0 Å². The summed E-state index contributed by atoms with van der Waals surface area (Å²) in [5.41, 5.74) is 1.41. The van der Waals surface area contributed by atoms with Crippen molar-refractivity contribution in [3.8, 4) is 11.5 Å². The summed E-state index contributed by atoms with van der Waals surface area (Å²) in [6.07, 6.45) is 3.48. The third-order valence-electron chi connectivity index (χ3n) is 5.62. The van der Waals surface area contributed by atoms with Gasteiger partial charge in [0.15, 0.2) is 0 Å². The molecule has 0 radical (unpaired) electrons. The van der Waals surface area contributed by atoms with Crippen LogP contribution in [0.1, 0.15) is 47.6 Å². The lowest BCUT2D eigenvalue weighted by Crippen LogP contribution is -2.31. The molecule has 0 aromatic heterocycles. The number of rotatable bonds is 7. The number of carbonyl (C=O) groups is 1. The van der Waals surface area contributed by atoms with Crippen molar-refractivity contribution in [2.24, 2.45) is 0 Å². The Morgan fingerprint density at radius 3 is 2.40 bits per heavy atom. The van der Waals surface area contributed by atoms with Crippen molar-refractivity contribution in [1.82, 2.24) is 9.62 Å². The summed E-state index contributed by atoms with van der Waals surface area (Å²) in [5, 5.41) is 0. The first-order valence-corrected chi connectivity index (χ1v) is 11.6. The van der Waals surface area contributed by atoms with Gasteiger partial charge in [0.2, 0.25) is 10.0 Å². The molecule has 2 aliphatic rings. The van der Waals surface area contributed by atoms with E-state index in [4.69, 9.17) is 9.47 Å². The van der Waals surface area contributed by atoms with Gasteiger partial charge in [0.05, 0.1) is 25.2 Å². The van der Waals surface area contributed by atoms with Crippen molar-refractivity contribution in [2.45, 2.75) is 42.7 Å². The SMILES string of the molecule is COc1ccc([C@@H]2CCCN2C(=O)c2ccc(S(=O)(=O)NC3CC3)cc2)c(OC)c1. The second-order valence-corrected chi connectivity index (χ2v) is 9.40. The molecule has 0 bridgehead atoms. The second kappa shape index (κ2) is 8.28. The lowest BCUT2D eigenvalue weighted by Gasteiger charge is -2.26. The topological polar surface area (TPSA) is 84.9 Å². The average molecular weight is 431 g/mol. The van der Waals surface area contributed by atoms with Crippen molar-refractivity contribution in [3.05, 3.63) is 53.6 Å². The van der Waals surface area contributed by atoms with E-state index in [1.54, 1.807) is 26.4 Å². The average Bonchev–Trinajstić information content (AvgIpc) is 3.43. The predicted octanol–water partition coefficient (Wildman–Crippen LogP) is 3.12. The molecule has 2 fully saturated rings. The van der Waals surface area contributed by atoms with Crippen LogP contribution in [0, 0.1) is 0 Å². The summed E-state index contributed by atoms with van der Waals surface area (Å²) in [4.78, 5) is 15.2. The molecule has 160 valence electrons. The Hall–Kier alpha value is -2.58. The maximum atomic E-state index is 13.2. The van der Waals surface area contributed by atoms with Crippen LogP contribution in [0.15, 0.2) is 47.4 Å². The minimum atomic E-state index is -3.53. The van der Waals surface area contributed by atoms with Gasteiger partial charge in [-0.1, -0.05) is 0 Å². The zero-order valence-electron chi connectivity index (χ0n) is 17.1. The number of hydrogen-bond donors (Lipinski definition) is 1. The van der Waals surface area contributed by atoms with Crippen LogP contribution in [0.3, 0.4) is 0 Å². The van der Waals surface area contributed by atoms with Crippen molar-refractivity contribution < 1.29 is 22.7 Å². The van der Waals surface area contributed by atoms with Crippen molar-refractivity contribution in [1.29, 1.82) is 0 Å². The zero-order valence-corrected chi connectivity index (χ0v) is 17.9. The number of likely N-dealkylation sites (tertiary alicyclic amines) is 1. The quantitative estimate of drug-likeness (QED) is 0.730. The Labute approximate surface area is 177 Å². The Morgan fingerprint density at radius 2 is 1.77 bits per heavy atom. The van der Waals surface area contributed by atoms with E-state index in [-0.39, 0.29) is 22.9 Å². The van der Waals surface area contributed by atoms with Crippen molar-refractivity contribution in [3.63, 3.8) is 0 Å². The fraction of sp³-hybridized carbons (Fsp3) is 0.409. The molecular weight excluding hydrogens is 404 g/mol. The fourth-order valence-corrected chi connectivity index (χ4v) is 5.16. The summed E-state index contributed by atoms with van der Waals surface area (Å²) >= 11 is 0. The van der Waals surface area contributed by atoms with Crippen LogP contribution < -0.4 is 14.2 Å². The number of benzene rings is 2. The number of hydrogen-bond acceptors (Lipinski definition) is 5. The fourth-order valence-electron chi connectivity index (χ4n) is 3.86. The van der Waals surface area contributed by atoms with E-state index in [0.717, 1.165) is 31.2 Å². The van der Waals surface area contributed by atoms with Gasteiger partial charge in [-0.3, -0.25) is 4.79 Å². The van der Waals surface area contributed by atoms with Crippen LogP contribution in [0.5, 0.6) is 11.5 Å². The van der Waals surface area contributed by atoms with Crippen LogP contribution in [0.4, 0.5) is 0 Å². The standard InChI is InChI=1S/C22H26N2O5S/c1-28-17-9-12-19(21(14-17)29-2)20-4-3-13-24(20)22(25)15-5-10-18(11-6-15)30(26,27)23-16-7-8-16/h5-6,9-12,14,16,20,23H,3-4,7-8,13H2,1-2H3/t20-/m0/s1. The first kappa shape index (κ1) is 20.7. The normalized spacial score (nSPS) is 19.0. The Bertz CT molecular complexity index is 1030. The number of methoxy groups -OCH3 is 2. The van der Waals surface area contributed by atoms with Gasteiger partial charge in [-0.25, -0.2) is 13.1 Å². The molecule has 1 heterocycles. The first-order valence-electron chi connectivity index (χ1n) is 10.1.